The van der Waals surface area contributed by atoms with Crippen LogP contribution in [0.15, 0.2) is 24.3 Å². The van der Waals surface area contributed by atoms with Gasteiger partial charge in [-0.25, -0.2) is 0 Å². The zero-order chi connectivity index (χ0) is 16.3. The molecule has 0 radical (unpaired) electrons. The van der Waals surface area contributed by atoms with E-state index in [1.165, 1.54) is 22.3 Å². The third kappa shape index (κ3) is 3.55. The predicted octanol–water partition coefficient (Wildman–Crippen LogP) is 5.26. The lowest BCUT2D eigenvalue weighted by Crippen LogP contribution is -2.10. The molecule has 1 aromatic carbocycles. The Morgan fingerprint density at radius 1 is 0.909 bits per heavy atom. The van der Waals surface area contributed by atoms with Crippen molar-refractivity contribution in [1.29, 1.82) is 0 Å². The Morgan fingerprint density at radius 3 is 2.09 bits per heavy atom. The summed E-state index contributed by atoms with van der Waals surface area (Å²) in [5.41, 5.74) is 7.61. The summed E-state index contributed by atoms with van der Waals surface area (Å²) in [6.07, 6.45) is 2.09. The Labute approximate surface area is 135 Å². The summed E-state index contributed by atoms with van der Waals surface area (Å²) in [6, 6.07) is 8.90. The van der Waals surface area contributed by atoms with E-state index in [9.17, 15) is 0 Å². The van der Waals surface area contributed by atoms with Crippen molar-refractivity contribution in [1.82, 2.24) is 10.2 Å². The number of nitrogens with zero attached hydrogens (tertiary/aromatic N) is 2. The van der Waals surface area contributed by atoms with Gasteiger partial charge in [-0.3, -0.25) is 0 Å². The van der Waals surface area contributed by atoms with Crippen LogP contribution < -0.4 is 0 Å². The van der Waals surface area contributed by atoms with Crippen molar-refractivity contribution < 1.29 is 0 Å². The van der Waals surface area contributed by atoms with Crippen LogP contribution >= 0.6 is 0 Å². The highest BCUT2D eigenvalue weighted by atomic mass is 15.1. The summed E-state index contributed by atoms with van der Waals surface area (Å²) in [5.74, 6) is 0.942. The number of hydrogen-bond donors (Lipinski definition) is 0. The maximum Gasteiger partial charge on any atom is 0.0688 e. The molecule has 0 amide bonds. The molecular weight excluding hydrogens is 268 g/mol. The zero-order valence-electron chi connectivity index (χ0n) is 14.8. The van der Waals surface area contributed by atoms with E-state index >= 15 is 0 Å². The van der Waals surface area contributed by atoms with Crippen molar-refractivity contribution in [3.8, 4) is 0 Å². The van der Waals surface area contributed by atoms with Crippen molar-refractivity contribution in [2.75, 3.05) is 0 Å². The minimum Gasteiger partial charge on any atom is -0.155 e. The molecule has 0 aliphatic heterocycles. The van der Waals surface area contributed by atoms with Crippen LogP contribution in [-0.4, -0.2) is 10.2 Å². The molecule has 0 saturated carbocycles. The summed E-state index contributed by atoms with van der Waals surface area (Å²) >= 11 is 0. The Morgan fingerprint density at radius 2 is 1.55 bits per heavy atom. The molecule has 22 heavy (non-hydrogen) atoms. The van der Waals surface area contributed by atoms with Crippen LogP contribution in [-0.2, 0) is 6.42 Å². The largest absolute Gasteiger partial charge is 0.155 e. The highest BCUT2D eigenvalue weighted by molar-refractivity contribution is 5.34. The van der Waals surface area contributed by atoms with E-state index < -0.39 is 0 Å². The van der Waals surface area contributed by atoms with Crippen LogP contribution in [0.25, 0.3) is 0 Å². The highest BCUT2D eigenvalue weighted by Gasteiger charge is 2.16. The summed E-state index contributed by atoms with van der Waals surface area (Å²) in [4.78, 5) is 0. The van der Waals surface area contributed by atoms with Gasteiger partial charge in [0.15, 0.2) is 0 Å². The average Bonchev–Trinajstić information content (AvgIpc) is 2.49. The van der Waals surface area contributed by atoms with E-state index in [0.29, 0.717) is 11.8 Å². The highest BCUT2D eigenvalue weighted by Crippen LogP contribution is 2.27. The van der Waals surface area contributed by atoms with Gasteiger partial charge in [0, 0.05) is 0 Å². The Bertz CT molecular complexity index is 627. The van der Waals surface area contributed by atoms with E-state index in [2.05, 4.69) is 76.0 Å². The molecule has 0 unspecified atom stereocenters. The third-order valence-corrected chi connectivity index (χ3v) is 4.69. The predicted molar refractivity (Wildman–Crippen MR) is 93.5 cm³/mol. The van der Waals surface area contributed by atoms with Crippen LogP contribution in [0.4, 0.5) is 0 Å². The van der Waals surface area contributed by atoms with Crippen molar-refractivity contribution in [3.05, 3.63) is 57.9 Å². The van der Waals surface area contributed by atoms with Gasteiger partial charge in [-0.2, -0.15) is 10.2 Å². The molecule has 0 spiro atoms. The topological polar surface area (TPSA) is 25.8 Å². The Balaban J connectivity index is 2.28. The third-order valence-electron chi connectivity index (χ3n) is 4.69. The molecule has 118 valence electrons. The monoisotopic (exact) mass is 296 g/mol. The first-order valence-electron chi connectivity index (χ1n) is 8.33. The molecule has 1 atom stereocenters. The van der Waals surface area contributed by atoms with Gasteiger partial charge in [-0.15, -0.1) is 0 Å². The minimum absolute atomic E-state index is 0.430. The molecule has 0 bridgehead atoms. The summed E-state index contributed by atoms with van der Waals surface area (Å²) in [5, 5.41) is 9.02. The number of hydrogen-bond acceptors (Lipinski definition) is 2. The number of benzene rings is 1. The lowest BCUT2D eigenvalue weighted by Gasteiger charge is -2.18. The zero-order valence-corrected chi connectivity index (χ0v) is 14.8. The maximum absolute atomic E-state index is 4.54. The second kappa shape index (κ2) is 7.04. The molecule has 0 fully saturated rings. The molecule has 1 heterocycles. The van der Waals surface area contributed by atoms with Crippen molar-refractivity contribution in [2.24, 2.45) is 0 Å². The molecule has 0 N–H and O–H groups in total. The smallest absolute Gasteiger partial charge is 0.0688 e. The van der Waals surface area contributed by atoms with E-state index in [-0.39, 0.29) is 0 Å². The van der Waals surface area contributed by atoms with Gasteiger partial charge in [-0.1, -0.05) is 50.6 Å². The minimum atomic E-state index is 0.430. The first-order chi connectivity index (χ1) is 10.4. The summed E-state index contributed by atoms with van der Waals surface area (Å²) in [7, 11) is 0. The molecule has 1 aromatic heterocycles. The van der Waals surface area contributed by atoms with Crippen LogP contribution in [0.5, 0.6) is 0 Å². The van der Waals surface area contributed by atoms with E-state index in [1.807, 2.05) is 0 Å². The number of aromatic nitrogens is 2. The van der Waals surface area contributed by atoms with Crippen LogP contribution in [0.1, 0.15) is 72.7 Å². The summed E-state index contributed by atoms with van der Waals surface area (Å²) < 4.78 is 0. The SMILES string of the molecule is CC[C@@H](Cc1nnc(C(C)C)c(C)c1C)c1ccc(C)cc1. The summed E-state index contributed by atoms with van der Waals surface area (Å²) in [6.45, 7) is 13.1. The van der Waals surface area contributed by atoms with E-state index in [1.54, 1.807) is 0 Å². The van der Waals surface area contributed by atoms with Crippen LogP contribution in [0, 0.1) is 20.8 Å². The van der Waals surface area contributed by atoms with Crippen LogP contribution in [0.2, 0.25) is 0 Å². The van der Waals surface area contributed by atoms with E-state index in [4.69, 9.17) is 0 Å². The van der Waals surface area contributed by atoms with Crippen molar-refractivity contribution >= 4 is 0 Å². The Kier molecular flexibility index (Phi) is 5.33. The van der Waals surface area contributed by atoms with Gasteiger partial charge in [-0.05, 0) is 62.1 Å². The fraction of sp³-hybridized carbons (Fsp3) is 0.500. The molecule has 0 aliphatic rings. The standard InChI is InChI=1S/C20H28N2/c1-7-17(18-10-8-14(4)9-11-18)12-19-15(5)16(6)20(13(2)3)22-21-19/h8-11,13,17H,7,12H2,1-6H3/t17-/m0/s1. The molecule has 2 nitrogen and oxygen atoms in total. The van der Waals surface area contributed by atoms with Crippen molar-refractivity contribution in [2.45, 2.75) is 66.2 Å². The van der Waals surface area contributed by atoms with E-state index in [0.717, 1.165) is 24.2 Å². The fourth-order valence-corrected chi connectivity index (χ4v) is 2.99. The second-order valence-corrected chi connectivity index (χ2v) is 6.66. The van der Waals surface area contributed by atoms with Gasteiger partial charge < -0.3 is 0 Å². The first-order valence-corrected chi connectivity index (χ1v) is 8.33. The number of aryl methyl sites for hydroxylation is 1. The molecular formula is C20H28N2. The molecule has 2 aromatic rings. The lowest BCUT2D eigenvalue weighted by atomic mass is 9.89. The van der Waals surface area contributed by atoms with Gasteiger partial charge in [0.2, 0.25) is 0 Å². The number of rotatable bonds is 5. The first kappa shape index (κ1) is 16.7. The second-order valence-electron chi connectivity index (χ2n) is 6.66. The molecule has 0 saturated heterocycles. The fourth-order valence-electron chi connectivity index (χ4n) is 2.99. The Hall–Kier alpha value is -1.70. The van der Waals surface area contributed by atoms with Crippen molar-refractivity contribution in [3.63, 3.8) is 0 Å². The molecule has 0 aliphatic carbocycles. The molecule has 2 heteroatoms. The van der Waals surface area contributed by atoms with Gasteiger partial charge in [0.05, 0.1) is 11.4 Å². The van der Waals surface area contributed by atoms with Gasteiger partial charge >= 0.3 is 0 Å². The normalized spacial score (nSPS) is 12.7. The lowest BCUT2D eigenvalue weighted by molar-refractivity contribution is 0.632. The average molecular weight is 296 g/mol. The maximum atomic E-state index is 4.54. The van der Waals surface area contributed by atoms with Gasteiger partial charge in [0.25, 0.3) is 0 Å². The quantitative estimate of drug-likeness (QED) is 0.752. The molecule has 2 rings (SSSR count). The van der Waals surface area contributed by atoms with Gasteiger partial charge in [0.1, 0.15) is 0 Å². The van der Waals surface area contributed by atoms with Crippen LogP contribution in [0.3, 0.4) is 0 Å².